The molecule has 0 unspecified atom stereocenters. The molecule has 0 saturated carbocycles. The topological polar surface area (TPSA) is 109 Å². The summed E-state index contributed by atoms with van der Waals surface area (Å²) in [5, 5.41) is 2.53. The van der Waals surface area contributed by atoms with Gasteiger partial charge in [-0.05, 0) is 13.0 Å². The van der Waals surface area contributed by atoms with Gasteiger partial charge in [-0.1, -0.05) is 18.2 Å². The monoisotopic (exact) mass is 344 g/mol. The van der Waals surface area contributed by atoms with Gasteiger partial charge in [0, 0.05) is 19.7 Å². The van der Waals surface area contributed by atoms with Crippen LogP contribution in [0.2, 0.25) is 0 Å². The van der Waals surface area contributed by atoms with E-state index in [9.17, 15) is 19.2 Å². The minimum Gasteiger partial charge on any atom is -0.246 e. The van der Waals surface area contributed by atoms with Gasteiger partial charge in [0.25, 0.3) is 0 Å². The first-order valence-electron chi connectivity index (χ1n) is 7.72. The van der Waals surface area contributed by atoms with E-state index >= 15 is 0 Å². The van der Waals surface area contributed by atoms with E-state index in [1.165, 1.54) is 28.1 Å². The summed E-state index contributed by atoms with van der Waals surface area (Å²) in [4.78, 5) is 49.3. The molecule has 1 N–H and O–H groups in total. The van der Waals surface area contributed by atoms with Gasteiger partial charge in [0.2, 0.25) is 0 Å². The summed E-state index contributed by atoms with van der Waals surface area (Å²) < 4.78 is 5.81. The minimum absolute atomic E-state index is 0.461. The fourth-order valence-corrected chi connectivity index (χ4v) is 3.47. The maximum absolute atomic E-state index is 12.5. The number of fused-ring (bicyclic) bond motifs is 3. The minimum atomic E-state index is -0.628. The average molecular weight is 344 g/mol. The first kappa shape index (κ1) is 15.2. The van der Waals surface area contributed by atoms with Gasteiger partial charge in [-0.3, -0.25) is 0 Å². The Morgan fingerprint density at radius 2 is 1.60 bits per heavy atom. The van der Waals surface area contributed by atoms with Crippen LogP contribution in [0.15, 0.2) is 43.4 Å². The highest BCUT2D eigenvalue weighted by molar-refractivity contribution is 5.44. The molecule has 0 amide bonds. The second kappa shape index (κ2) is 4.85. The lowest BCUT2D eigenvalue weighted by Crippen LogP contribution is -2.41. The van der Waals surface area contributed by atoms with Crippen LogP contribution in [-0.4, -0.2) is 28.3 Å². The molecule has 10 heteroatoms. The number of aromatic amines is 1. The lowest BCUT2D eigenvalue weighted by molar-refractivity contribution is 0.292. The molecule has 130 valence electrons. The zero-order valence-electron chi connectivity index (χ0n) is 13.8. The van der Waals surface area contributed by atoms with E-state index < -0.39 is 34.8 Å². The number of benzene rings is 1. The van der Waals surface area contributed by atoms with Gasteiger partial charge >= 0.3 is 22.8 Å². The van der Waals surface area contributed by atoms with E-state index in [0.29, 0.717) is 11.3 Å². The number of para-hydroxylation sites is 1. The molecule has 4 rings (SSSR count). The van der Waals surface area contributed by atoms with Crippen molar-refractivity contribution in [2.45, 2.75) is 19.0 Å². The summed E-state index contributed by atoms with van der Waals surface area (Å²) in [7, 11) is 2.78. The van der Waals surface area contributed by atoms with Crippen molar-refractivity contribution >= 4 is 0 Å². The molecule has 2 atom stereocenters. The van der Waals surface area contributed by atoms with Crippen LogP contribution in [0.3, 0.4) is 0 Å². The third-order valence-electron chi connectivity index (χ3n) is 4.78. The SMILES string of the molecule is C[C@@H]1[C@@H](n2[nH]c(=O)n(C)c2=O)c2ccccc2-n2c(=O)n(C)c(=O)n21. The second-order valence-corrected chi connectivity index (χ2v) is 6.15. The van der Waals surface area contributed by atoms with Crippen LogP contribution in [0.25, 0.3) is 5.69 Å². The summed E-state index contributed by atoms with van der Waals surface area (Å²) in [6.45, 7) is 1.73. The van der Waals surface area contributed by atoms with Crippen LogP contribution in [0.5, 0.6) is 0 Å². The van der Waals surface area contributed by atoms with Crippen LogP contribution < -0.4 is 22.8 Å². The molecule has 0 spiro atoms. The Labute approximate surface area is 139 Å². The van der Waals surface area contributed by atoms with Crippen molar-refractivity contribution in [3.63, 3.8) is 0 Å². The number of hydrogen-bond donors (Lipinski definition) is 1. The Bertz CT molecular complexity index is 1230. The van der Waals surface area contributed by atoms with Crippen molar-refractivity contribution < 1.29 is 0 Å². The van der Waals surface area contributed by atoms with Crippen molar-refractivity contribution in [1.29, 1.82) is 0 Å². The Morgan fingerprint density at radius 1 is 0.920 bits per heavy atom. The lowest BCUT2D eigenvalue weighted by atomic mass is 9.97. The molecular weight excluding hydrogens is 328 g/mol. The summed E-state index contributed by atoms with van der Waals surface area (Å²) in [5.41, 5.74) is -0.828. The molecule has 1 aromatic carbocycles. The summed E-state index contributed by atoms with van der Waals surface area (Å²) in [6, 6.07) is 5.83. The summed E-state index contributed by atoms with van der Waals surface area (Å²) >= 11 is 0. The molecule has 1 aliphatic rings. The number of rotatable bonds is 1. The molecule has 0 aliphatic carbocycles. The van der Waals surface area contributed by atoms with E-state index in [1.807, 2.05) is 0 Å². The summed E-state index contributed by atoms with van der Waals surface area (Å²) in [6.07, 6.45) is 0. The molecule has 0 saturated heterocycles. The first-order chi connectivity index (χ1) is 11.8. The van der Waals surface area contributed by atoms with Gasteiger partial charge < -0.3 is 0 Å². The predicted molar refractivity (Wildman–Crippen MR) is 88.4 cm³/mol. The molecule has 25 heavy (non-hydrogen) atoms. The lowest BCUT2D eigenvalue weighted by Gasteiger charge is -2.32. The van der Waals surface area contributed by atoms with Crippen molar-refractivity contribution in [2.75, 3.05) is 0 Å². The quantitative estimate of drug-likeness (QED) is 0.591. The van der Waals surface area contributed by atoms with Crippen molar-refractivity contribution in [2.24, 2.45) is 14.1 Å². The van der Waals surface area contributed by atoms with Crippen molar-refractivity contribution in [1.82, 2.24) is 28.3 Å². The predicted octanol–water partition coefficient (Wildman–Crippen LogP) is -1.31. The van der Waals surface area contributed by atoms with Gasteiger partial charge in [-0.25, -0.2) is 42.8 Å². The third-order valence-corrected chi connectivity index (χ3v) is 4.78. The van der Waals surface area contributed by atoms with Gasteiger partial charge in [0.15, 0.2) is 0 Å². The van der Waals surface area contributed by atoms with E-state index in [-0.39, 0.29) is 0 Å². The Morgan fingerprint density at radius 3 is 2.24 bits per heavy atom. The highest BCUT2D eigenvalue weighted by Crippen LogP contribution is 2.35. The van der Waals surface area contributed by atoms with Gasteiger partial charge in [-0.15, -0.1) is 0 Å². The van der Waals surface area contributed by atoms with Gasteiger partial charge in [0.1, 0.15) is 6.04 Å². The Kier molecular flexibility index (Phi) is 2.96. The molecule has 1 aliphatic heterocycles. The number of aromatic nitrogens is 6. The van der Waals surface area contributed by atoms with Crippen LogP contribution in [-0.2, 0) is 14.1 Å². The second-order valence-electron chi connectivity index (χ2n) is 6.15. The maximum atomic E-state index is 12.5. The highest BCUT2D eigenvalue weighted by atomic mass is 16.2. The molecule has 0 radical (unpaired) electrons. The van der Waals surface area contributed by atoms with Gasteiger partial charge in [0.05, 0.1) is 11.7 Å². The molecule has 10 nitrogen and oxygen atoms in total. The van der Waals surface area contributed by atoms with E-state index in [0.717, 1.165) is 9.13 Å². The number of H-pyrrole nitrogens is 1. The fourth-order valence-electron chi connectivity index (χ4n) is 3.47. The van der Waals surface area contributed by atoms with E-state index in [2.05, 4.69) is 5.10 Å². The average Bonchev–Trinajstić information content (AvgIpc) is 2.98. The third kappa shape index (κ3) is 1.78. The largest absolute Gasteiger partial charge is 0.351 e. The zero-order valence-corrected chi connectivity index (χ0v) is 13.8. The highest BCUT2D eigenvalue weighted by Gasteiger charge is 2.36. The summed E-state index contributed by atoms with van der Waals surface area (Å²) in [5.74, 6) is 0. The van der Waals surface area contributed by atoms with Crippen molar-refractivity contribution in [3.05, 3.63) is 71.8 Å². The Balaban J connectivity index is 2.13. The van der Waals surface area contributed by atoms with Crippen LogP contribution in [0.1, 0.15) is 24.6 Å². The van der Waals surface area contributed by atoms with Crippen molar-refractivity contribution in [3.8, 4) is 5.69 Å². The van der Waals surface area contributed by atoms with Crippen LogP contribution in [0, 0.1) is 0 Å². The normalized spacial score (nSPS) is 18.8. The first-order valence-corrected chi connectivity index (χ1v) is 7.72. The van der Waals surface area contributed by atoms with Crippen LogP contribution >= 0.6 is 0 Å². The van der Waals surface area contributed by atoms with E-state index in [1.54, 1.807) is 31.2 Å². The van der Waals surface area contributed by atoms with E-state index in [4.69, 9.17) is 0 Å². The molecule has 2 aromatic heterocycles. The van der Waals surface area contributed by atoms with Gasteiger partial charge in [-0.2, -0.15) is 4.68 Å². The molecule has 0 bridgehead atoms. The maximum Gasteiger partial charge on any atom is 0.351 e. The number of nitrogens with one attached hydrogen (secondary N) is 1. The number of nitrogens with zero attached hydrogens (tertiary/aromatic N) is 5. The molecule has 3 aromatic rings. The molecule has 0 fully saturated rings. The smallest absolute Gasteiger partial charge is 0.246 e. The molecule has 3 heterocycles. The standard InChI is InChI=1S/C15H16N6O4/c1-8-11(19-13(23)17(2)12(22)16-19)9-6-4-5-7-10(9)21-15(25)18(3)14(24)20(8)21/h4-8,11H,1-3H3,(H,16,22)/t8-,11-/m1/s1. The van der Waals surface area contributed by atoms with Crippen LogP contribution in [0.4, 0.5) is 0 Å². The number of hydrogen-bond acceptors (Lipinski definition) is 4. The fraction of sp³-hybridized carbons (Fsp3) is 0.333. The molecular formula is C15H16N6O4. The zero-order chi connectivity index (χ0) is 18.0. The Hall–Kier alpha value is -3.30.